The molecule has 1 fully saturated rings. The van der Waals surface area contributed by atoms with E-state index in [9.17, 15) is 9.90 Å². The number of hydrogen-bond acceptors (Lipinski definition) is 13. The van der Waals surface area contributed by atoms with Crippen molar-refractivity contribution in [1.29, 1.82) is 0 Å². The van der Waals surface area contributed by atoms with Gasteiger partial charge < -0.3 is 51.1 Å². The summed E-state index contributed by atoms with van der Waals surface area (Å²) in [6.45, 7) is 2.97. The molecular formula is C31H44N8O6. The van der Waals surface area contributed by atoms with Crippen LogP contribution in [0.1, 0.15) is 41.6 Å². The number of carbonyl (C=O) groups excluding carboxylic acids is 1. The Kier molecular flexibility index (Phi) is 13.4. The number of nitrogens with one attached hydrogen (secondary N) is 4. The first-order valence-electron chi connectivity index (χ1n) is 15.1. The van der Waals surface area contributed by atoms with Crippen LogP contribution in [0.2, 0.25) is 0 Å². The highest BCUT2D eigenvalue weighted by atomic mass is 16.5. The van der Waals surface area contributed by atoms with E-state index in [4.69, 9.17) is 24.7 Å². The van der Waals surface area contributed by atoms with Gasteiger partial charge in [0.2, 0.25) is 17.8 Å². The van der Waals surface area contributed by atoms with E-state index in [-0.39, 0.29) is 18.1 Å². The van der Waals surface area contributed by atoms with Gasteiger partial charge >= 0.3 is 0 Å². The first-order valence-corrected chi connectivity index (χ1v) is 15.1. The molecule has 45 heavy (non-hydrogen) atoms. The lowest BCUT2D eigenvalue weighted by Crippen LogP contribution is -2.29. The third-order valence-electron chi connectivity index (χ3n) is 7.13. The summed E-state index contributed by atoms with van der Waals surface area (Å²) in [5.74, 6) is 2.06. The van der Waals surface area contributed by atoms with Crippen molar-refractivity contribution < 1.29 is 28.8 Å². The first-order chi connectivity index (χ1) is 22.0. The number of amides is 1. The normalized spacial score (nSPS) is 16.1. The van der Waals surface area contributed by atoms with Gasteiger partial charge in [-0.2, -0.15) is 15.0 Å². The van der Waals surface area contributed by atoms with Gasteiger partial charge in [-0.15, -0.1) is 0 Å². The van der Waals surface area contributed by atoms with Crippen LogP contribution in [0.5, 0.6) is 11.5 Å². The number of methoxy groups -OCH3 is 2. The summed E-state index contributed by atoms with van der Waals surface area (Å²) < 4.78 is 21.7. The van der Waals surface area contributed by atoms with E-state index in [1.54, 1.807) is 32.4 Å². The lowest BCUT2D eigenvalue weighted by molar-refractivity contribution is 0.0511. The molecule has 14 heteroatoms. The second-order valence-electron chi connectivity index (χ2n) is 10.4. The minimum atomic E-state index is -0.272. The van der Waals surface area contributed by atoms with Crippen LogP contribution < -0.4 is 36.5 Å². The highest BCUT2D eigenvalue weighted by Gasteiger charge is 2.21. The average Bonchev–Trinajstić information content (AvgIpc) is 3.05. The van der Waals surface area contributed by atoms with Crippen molar-refractivity contribution in [1.82, 2.24) is 20.3 Å². The standard InChI is InChI=1S/C31H44N8O6/c1-42-26-8-4-6-22(27(26)43-2)20-34-29-37-30(35-23-9-11-25(40)12-10-23)39-31(38-29)36-24-7-3-5-21(19-24)28(41)33-14-16-45-18-17-44-15-13-32/h3-8,19,23,25,40H,9-18,20,32H2,1-2H3,(H,33,41)(H3,34,35,36,37,38,39). The van der Waals surface area contributed by atoms with Gasteiger partial charge in [-0.1, -0.05) is 18.2 Å². The zero-order valence-corrected chi connectivity index (χ0v) is 25.9. The SMILES string of the molecule is COc1cccc(CNc2nc(Nc3cccc(C(=O)NCCOCCOCCN)c3)nc(NC3CCC(O)CC3)n2)c1OC. The zero-order valence-electron chi connectivity index (χ0n) is 25.9. The number of aliphatic hydroxyl groups excluding tert-OH is 1. The molecule has 1 aliphatic carbocycles. The molecule has 0 unspecified atom stereocenters. The van der Waals surface area contributed by atoms with E-state index >= 15 is 0 Å². The van der Waals surface area contributed by atoms with Crippen molar-refractivity contribution in [2.24, 2.45) is 5.73 Å². The lowest BCUT2D eigenvalue weighted by Gasteiger charge is -2.26. The predicted octanol–water partition coefficient (Wildman–Crippen LogP) is 2.68. The molecule has 0 radical (unpaired) electrons. The number of anilines is 4. The molecule has 4 rings (SSSR count). The van der Waals surface area contributed by atoms with E-state index in [0.717, 1.165) is 31.2 Å². The molecule has 14 nitrogen and oxygen atoms in total. The van der Waals surface area contributed by atoms with Crippen molar-refractivity contribution in [3.63, 3.8) is 0 Å². The Balaban J connectivity index is 1.43. The van der Waals surface area contributed by atoms with Gasteiger partial charge in [0.1, 0.15) is 0 Å². The minimum absolute atomic E-state index is 0.129. The molecule has 244 valence electrons. The van der Waals surface area contributed by atoms with Gasteiger partial charge in [-0.05, 0) is 49.9 Å². The van der Waals surface area contributed by atoms with Gasteiger partial charge in [0.25, 0.3) is 5.91 Å². The van der Waals surface area contributed by atoms with E-state index < -0.39 is 0 Å². The fourth-order valence-electron chi connectivity index (χ4n) is 4.86. The Morgan fingerprint density at radius 3 is 2.40 bits per heavy atom. The highest BCUT2D eigenvalue weighted by molar-refractivity contribution is 5.95. The molecule has 7 N–H and O–H groups in total. The molecule has 0 spiro atoms. The van der Waals surface area contributed by atoms with E-state index in [2.05, 4.69) is 36.2 Å². The molecule has 1 saturated carbocycles. The average molecular weight is 625 g/mol. The van der Waals surface area contributed by atoms with Gasteiger partial charge in [-0.3, -0.25) is 4.79 Å². The maximum atomic E-state index is 12.8. The number of benzene rings is 2. The van der Waals surface area contributed by atoms with Crippen LogP contribution >= 0.6 is 0 Å². The number of aromatic nitrogens is 3. The van der Waals surface area contributed by atoms with Crippen LogP contribution in [-0.2, 0) is 16.0 Å². The highest BCUT2D eigenvalue weighted by Crippen LogP contribution is 2.31. The summed E-state index contributed by atoms with van der Waals surface area (Å²) >= 11 is 0. The summed E-state index contributed by atoms with van der Waals surface area (Å²) in [6, 6.07) is 12.9. The fourth-order valence-corrected chi connectivity index (χ4v) is 4.86. The maximum absolute atomic E-state index is 12.8. The molecule has 2 aromatic carbocycles. The molecule has 0 atom stereocenters. The fraction of sp³-hybridized carbons (Fsp3) is 0.484. The number of carbonyl (C=O) groups is 1. The number of hydrogen-bond donors (Lipinski definition) is 6. The van der Waals surface area contributed by atoms with Crippen LogP contribution in [0, 0.1) is 0 Å². The largest absolute Gasteiger partial charge is 0.493 e. The topological polar surface area (TPSA) is 187 Å². The third kappa shape index (κ3) is 10.7. The van der Waals surface area contributed by atoms with Crippen molar-refractivity contribution in [2.75, 3.05) is 69.7 Å². The van der Waals surface area contributed by atoms with Gasteiger partial charge in [0, 0.05) is 42.5 Å². The Bertz CT molecular complexity index is 1360. The number of ether oxygens (including phenoxy) is 4. The number of aliphatic hydroxyl groups is 1. The van der Waals surface area contributed by atoms with Crippen molar-refractivity contribution in [3.05, 3.63) is 53.6 Å². The van der Waals surface area contributed by atoms with Crippen molar-refractivity contribution in [2.45, 2.75) is 44.4 Å². The zero-order chi connectivity index (χ0) is 31.9. The summed E-state index contributed by atoms with van der Waals surface area (Å²) in [4.78, 5) is 26.6. The first kappa shape index (κ1) is 33.6. The van der Waals surface area contributed by atoms with Gasteiger partial charge in [0.15, 0.2) is 11.5 Å². The van der Waals surface area contributed by atoms with E-state index in [1.807, 2.05) is 24.3 Å². The molecule has 0 saturated heterocycles. The Morgan fingerprint density at radius 2 is 1.64 bits per heavy atom. The molecular weight excluding hydrogens is 580 g/mol. The molecule has 3 aromatic rings. The summed E-state index contributed by atoms with van der Waals surface area (Å²) in [5.41, 5.74) is 7.36. The van der Waals surface area contributed by atoms with Crippen LogP contribution in [0.25, 0.3) is 0 Å². The lowest BCUT2D eigenvalue weighted by atomic mass is 9.93. The molecule has 1 amide bonds. The quantitative estimate of drug-likeness (QED) is 0.114. The Hall–Kier alpha value is -4.24. The van der Waals surface area contributed by atoms with Crippen LogP contribution in [0.4, 0.5) is 23.5 Å². The third-order valence-corrected chi connectivity index (χ3v) is 7.13. The van der Waals surface area contributed by atoms with Crippen LogP contribution in [0.15, 0.2) is 42.5 Å². The minimum Gasteiger partial charge on any atom is -0.493 e. The van der Waals surface area contributed by atoms with Crippen LogP contribution in [0.3, 0.4) is 0 Å². The van der Waals surface area contributed by atoms with E-state index in [1.165, 1.54) is 0 Å². The smallest absolute Gasteiger partial charge is 0.251 e. The number of para-hydroxylation sites is 1. The second kappa shape index (κ2) is 17.9. The molecule has 0 bridgehead atoms. The number of rotatable bonds is 18. The maximum Gasteiger partial charge on any atom is 0.251 e. The number of nitrogens with two attached hydrogens (primary N) is 1. The second-order valence-corrected chi connectivity index (χ2v) is 10.4. The van der Waals surface area contributed by atoms with E-state index in [0.29, 0.717) is 86.7 Å². The summed E-state index contributed by atoms with van der Waals surface area (Å²) in [7, 11) is 3.19. The predicted molar refractivity (Wildman–Crippen MR) is 171 cm³/mol. The van der Waals surface area contributed by atoms with Crippen LogP contribution in [-0.4, -0.2) is 91.8 Å². The molecule has 0 aliphatic heterocycles. The molecule has 1 heterocycles. The van der Waals surface area contributed by atoms with Gasteiger partial charge in [-0.25, -0.2) is 0 Å². The van der Waals surface area contributed by atoms with Gasteiger partial charge in [0.05, 0.1) is 46.8 Å². The molecule has 1 aliphatic rings. The Morgan fingerprint density at radius 1 is 0.911 bits per heavy atom. The van der Waals surface area contributed by atoms with Crippen molar-refractivity contribution >= 4 is 29.4 Å². The Labute approximate surface area is 263 Å². The molecule has 1 aromatic heterocycles. The monoisotopic (exact) mass is 624 g/mol. The summed E-state index contributed by atoms with van der Waals surface area (Å²) in [6.07, 6.45) is 2.79. The number of nitrogens with zero attached hydrogens (tertiary/aromatic N) is 3. The van der Waals surface area contributed by atoms with Crippen molar-refractivity contribution in [3.8, 4) is 11.5 Å². The summed E-state index contributed by atoms with van der Waals surface area (Å²) in [5, 5.41) is 22.7.